The lowest BCUT2D eigenvalue weighted by atomic mass is 10.1. The zero-order valence-corrected chi connectivity index (χ0v) is 9.10. The standard InChI is InChI=1S/C11H11N5/c1-7-5-8(2)14-11(9(7)6-12)16-4-3-10(13)15-16/h3-5H,1-2H3,(H2,13,15). The minimum atomic E-state index is 0.407. The molecule has 5 nitrogen and oxygen atoms in total. The predicted octanol–water partition coefficient (Wildman–Crippen LogP) is 1.34. The van der Waals surface area contributed by atoms with E-state index >= 15 is 0 Å². The summed E-state index contributed by atoms with van der Waals surface area (Å²) in [7, 11) is 0. The molecule has 0 aliphatic carbocycles. The molecule has 0 atom stereocenters. The third-order valence-electron chi connectivity index (χ3n) is 2.26. The Balaban J connectivity index is 2.69. The van der Waals surface area contributed by atoms with Crippen LogP contribution in [-0.2, 0) is 0 Å². The largest absolute Gasteiger partial charge is 0.382 e. The Morgan fingerprint density at radius 2 is 2.19 bits per heavy atom. The van der Waals surface area contributed by atoms with E-state index in [4.69, 9.17) is 11.0 Å². The number of pyridine rings is 1. The molecule has 2 aromatic heterocycles. The van der Waals surface area contributed by atoms with E-state index in [2.05, 4.69) is 16.2 Å². The van der Waals surface area contributed by atoms with E-state index in [0.29, 0.717) is 17.2 Å². The van der Waals surface area contributed by atoms with E-state index in [0.717, 1.165) is 11.3 Å². The molecule has 0 fully saturated rings. The lowest BCUT2D eigenvalue weighted by molar-refractivity contribution is 0.838. The van der Waals surface area contributed by atoms with Gasteiger partial charge in [0.2, 0.25) is 0 Å². The van der Waals surface area contributed by atoms with Crippen LogP contribution in [0.15, 0.2) is 18.3 Å². The van der Waals surface area contributed by atoms with Gasteiger partial charge in [0, 0.05) is 18.0 Å². The predicted molar refractivity (Wildman–Crippen MR) is 60.0 cm³/mol. The van der Waals surface area contributed by atoms with E-state index in [9.17, 15) is 0 Å². The molecule has 16 heavy (non-hydrogen) atoms. The number of nitrogens with zero attached hydrogens (tertiary/aromatic N) is 4. The number of aryl methyl sites for hydroxylation is 2. The van der Waals surface area contributed by atoms with Crippen LogP contribution in [0.25, 0.3) is 5.82 Å². The van der Waals surface area contributed by atoms with Gasteiger partial charge in [0.25, 0.3) is 0 Å². The van der Waals surface area contributed by atoms with Crippen LogP contribution in [0.1, 0.15) is 16.8 Å². The third-order valence-corrected chi connectivity index (χ3v) is 2.26. The molecule has 2 aromatic rings. The minimum Gasteiger partial charge on any atom is -0.382 e. The number of anilines is 1. The van der Waals surface area contributed by atoms with Crippen LogP contribution in [0.5, 0.6) is 0 Å². The van der Waals surface area contributed by atoms with E-state index in [-0.39, 0.29) is 0 Å². The van der Waals surface area contributed by atoms with Crippen LogP contribution in [0, 0.1) is 25.2 Å². The minimum absolute atomic E-state index is 0.407. The Labute approximate surface area is 93.1 Å². The highest BCUT2D eigenvalue weighted by Crippen LogP contribution is 2.16. The van der Waals surface area contributed by atoms with Crippen molar-refractivity contribution in [2.24, 2.45) is 0 Å². The van der Waals surface area contributed by atoms with E-state index in [1.54, 1.807) is 12.3 Å². The van der Waals surface area contributed by atoms with Gasteiger partial charge in [-0.3, -0.25) is 0 Å². The van der Waals surface area contributed by atoms with Gasteiger partial charge in [0.1, 0.15) is 11.9 Å². The molecule has 0 spiro atoms. The maximum atomic E-state index is 9.10. The van der Waals surface area contributed by atoms with Gasteiger partial charge < -0.3 is 5.73 Å². The monoisotopic (exact) mass is 213 g/mol. The number of nitrogen functional groups attached to an aromatic ring is 1. The smallest absolute Gasteiger partial charge is 0.171 e. The van der Waals surface area contributed by atoms with Gasteiger partial charge in [-0.05, 0) is 25.5 Å². The summed E-state index contributed by atoms with van der Waals surface area (Å²) in [6, 6.07) is 5.67. The summed E-state index contributed by atoms with van der Waals surface area (Å²) in [6.07, 6.45) is 1.69. The van der Waals surface area contributed by atoms with E-state index in [1.165, 1.54) is 4.68 Å². The number of hydrogen-bond donors (Lipinski definition) is 1. The molecule has 0 aromatic carbocycles. The molecular weight excluding hydrogens is 202 g/mol. The summed E-state index contributed by atoms with van der Waals surface area (Å²) in [5.74, 6) is 0.932. The molecule has 0 unspecified atom stereocenters. The van der Waals surface area contributed by atoms with Gasteiger partial charge in [-0.2, -0.15) is 5.26 Å². The summed E-state index contributed by atoms with van der Waals surface area (Å²) >= 11 is 0. The first-order chi connectivity index (χ1) is 7.61. The third kappa shape index (κ3) is 1.61. The highest BCUT2D eigenvalue weighted by Gasteiger charge is 2.10. The topological polar surface area (TPSA) is 80.5 Å². The Morgan fingerprint density at radius 1 is 1.44 bits per heavy atom. The van der Waals surface area contributed by atoms with Crippen molar-refractivity contribution >= 4 is 5.82 Å². The highest BCUT2D eigenvalue weighted by molar-refractivity contribution is 5.49. The molecule has 0 aliphatic heterocycles. The molecule has 80 valence electrons. The normalized spacial score (nSPS) is 10.1. The molecule has 2 N–H and O–H groups in total. The second-order valence-corrected chi connectivity index (χ2v) is 3.58. The van der Waals surface area contributed by atoms with Gasteiger partial charge in [-0.15, -0.1) is 5.10 Å². The number of aromatic nitrogens is 3. The molecule has 0 radical (unpaired) electrons. The molecule has 0 amide bonds. The Kier molecular flexibility index (Phi) is 2.33. The van der Waals surface area contributed by atoms with Crippen LogP contribution in [0.4, 0.5) is 5.82 Å². The molecule has 0 aliphatic rings. The summed E-state index contributed by atoms with van der Waals surface area (Å²) < 4.78 is 1.52. The van der Waals surface area contributed by atoms with Crippen molar-refractivity contribution in [3.8, 4) is 11.9 Å². The second-order valence-electron chi connectivity index (χ2n) is 3.58. The number of nitrogens with two attached hydrogens (primary N) is 1. The lowest BCUT2D eigenvalue weighted by Crippen LogP contribution is -2.05. The molecule has 0 saturated heterocycles. The van der Waals surface area contributed by atoms with E-state index < -0.39 is 0 Å². The number of nitriles is 1. The highest BCUT2D eigenvalue weighted by atomic mass is 15.3. The van der Waals surface area contributed by atoms with Crippen LogP contribution >= 0.6 is 0 Å². The van der Waals surface area contributed by atoms with Crippen LogP contribution < -0.4 is 5.73 Å². The van der Waals surface area contributed by atoms with Gasteiger partial charge in [-0.25, -0.2) is 9.67 Å². The Hall–Kier alpha value is -2.35. The van der Waals surface area contributed by atoms with Crippen molar-refractivity contribution in [3.05, 3.63) is 35.2 Å². The summed E-state index contributed by atoms with van der Waals surface area (Å²) in [5, 5.41) is 13.1. The van der Waals surface area contributed by atoms with Crippen LogP contribution in [-0.4, -0.2) is 14.8 Å². The van der Waals surface area contributed by atoms with Crippen LogP contribution in [0.2, 0.25) is 0 Å². The van der Waals surface area contributed by atoms with Gasteiger partial charge >= 0.3 is 0 Å². The SMILES string of the molecule is Cc1cc(C)c(C#N)c(-n2ccc(N)n2)n1. The second kappa shape index (κ2) is 3.66. The first-order valence-corrected chi connectivity index (χ1v) is 4.81. The van der Waals surface area contributed by atoms with Crippen molar-refractivity contribution in [2.45, 2.75) is 13.8 Å². The molecule has 0 saturated carbocycles. The Morgan fingerprint density at radius 3 is 2.75 bits per heavy atom. The first-order valence-electron chi connectivity index (χ1n) is 4.81. The molecule has 2 heterocycles. The van der Waals surface area contributed by atoms with Crippen molar-refractivity contribution in [1.29, 1.82) is 5.26 Å². The zero-order chi connectivity index (χ0) is 11.7. The fourth-order valence-corrected chi connectivity index (χ4v) is 1.58. The summed E-state index contributed by atoms with van der Waals surface area (Å²) in [6.45, 7) is 3.76. The lowest BCUT2D eigenvalue weighted by Gasteiger charge is -2.06. The maximum absolute atomic E-state index is 9.10. The van der Waals surface area contributed by atoms with Crippen molar-refractivity contribution in [3.63, 3.8) is 0 Å². The van der Waals surface area contributed by atoms with Gasteiger partial charge in [0.05, 0.1) is 5.56 Å². The Bertz CT molecular complexity index is 577. The average molecular weight is 213 g/mol. The molecular formula is C11H11N5. The molecule has 0 bridgehead atoms. The van der Waals surface area contributed by atoms with Gasteiger partial charge in [-0.1, -0.05) is 0 Å². The van der Waals surface area contributed by atoms with Crippen molar-refractivity contribution < 1.29 is 0 Å². The first kappa shape index (κ1) is 10.2. The summed E-state index contributed by atoms with van der Waals surface area (Å²) in [5.41, 5.74) is 7.80. The van der Waals surface area contributed by atoms with E-state index in [1.807, 2.05) is 19.9 Å². The quantitative estimate of drug-likeness (QED) is 0.775. The average Bonchev–Trinajstić information content (AvgIpc) is 2.63. The van der Waals surface area contributed by atoms with Crippen molar-refractivity contribution in [2.75, 3.05) is 5.73 Å². The number of hydrogen-bond acceptors (Lipinski definition) is 4. The zero-order valence-electron chi connectivity index (χ0n) is 9.10. The fourth-order valence-electron chi connectivity index (χ4n) is 1.58. The fraction of sp³-hybridized carbons (Fsp3) is 0.182. The summed E-state index contributed by atoms with van der Waals surface area (Å²) in [4.78, 5) is 4.31. The molecule has 5 heteroatoms. The van der Waals surface area contributed by atoms with Crippen LogP contribution in [0.3, 0.4) is 0 Å². The maximum Gasteiger partial charge on any atom is 0.171 e. The van der Waals surface area contributed by atoms with Crippen molar-refractivity contribution in [1.82, 2.24) is 14.8 Å². The van der Waals surface area contributed by atoms with Gasteiger partial charge in [0.15, 0.2) is 5.82 Å². The molecule has 2 rings (SSSR count). The number of rotatable bonds is 1.